The molecule has 0 aromatic heterocycles. The van der Waals surface area contributed by atoms with Gasteiger partial charge in [-0.15, -0.1) is 0 Å². The Bertz CT molecular complexity index is 514. The summed E-state index contributed by atoms with van der Waals surface area (Å²) in [5.41, 5.74) is 0.389. The van der Waals surface area contributed by atoms with Gasteiger partial charge in [0.05, 0.1) is 0 Å². The molecular weight excluding hydrogens is 327 g/mol. The first-order chi connectivity index (χ1) is 9.83. The predicted octanol–water partition coefficient (Wildman–Crippen LogP) is 5.25. The molecule has 0 saturated carbocycles. The monoisotopic (exact) mass is 336 g/mol. The summed E-state index contributed by atoms with van der Waals surface area (Å²) in [5, 5.41) is 0. The minimum absolute atomic E-state index is 0.329. The van der Waals surface area contributed by atoms with E-state index in [0.717, 1.165) is 0 Å². The third kappa shape index (κ3) is 3.38. The first-order valence-electron chi connectivity index (χ1n) is 5.75. The summed E-state index contributed by atoms with van der Waals surface area (Å²) in [7, 11) is 0. The van der Waals surface area contributed by atoms with Crippen molar-refractivity contribution in [3.05, 3.63) is 48.0 Å². The number of halogens is 9. The van der Waals surface area contributed by atoms with Gasteiger partial charge in [-0.2, -0.15) is 39.5 Å². The van der Waals surface area contributed by atoms with Gasteiger partial charge >= 0.3 is 23.9 Å². The first-order valence-corrected chi connectivity index (χ1v) is 5.75. The molecular formula is C13H9F9. The lowest BCUT2D eigenvalue weighted by Crippen LogP contribution is -2.60. The zero-order valence-corrected chi connectivity index (χ0v) is 10.7. The Balaban J connectivity index is 2.97. The highest BCUT2D eigenvalue weighted by Crippen LogP contribution is 2.53. The number of hydrogen-bond acceptors (Lipinski definition) is 0. The van der Waals surface area contributed by atoms with Gasteiger partial charge in [0.25, 0.3) is 0 Å². The second-order valence-electron chi connectivity index (χ2n) is 4.36. The van der Waals surface area contributed by atoms with Crippen LogP contribution in [0.2, 0.25) is 0 Å². The molecule has 0 bridgehead atoms. The van der Waals surface area contributed by atoms with Crippen molar-refractivity contribution >= 4 is 0 Å². The van der Waals surface area contributed by atoms with E-state index >= 15 is 0 Å². The molecule has 0 aliphatic heterocycles. The van der Waals surface area contributed by atoms with E-state index in [0.29, 0.717) is 11.6 Å². The molecule has 0 atom stereocenters. The van der Waals surface area contributed by atoms with Crippen molar-refractivity contribution in [2.24, 2.45) is 0 Å². The summed E-state index contributed by atoms with van der Waals surface area (Å²) in [6.45, 7) is 0. The van der Waals surface area contributed by atoms with Gasteiger partial charge < -0.3 is 0 Å². The summed E-state index contributed by atoms with van der Waals surface area (Å²) in [6.07, 6.45) is -7.35. The topological polar surface area (TPSA) is 0 Å². The molecule has 0 unspecified atom stereocenters. The summed E-state index contributed by atoms with van der Waals surface area (Å²) < 4.78 is 113. The Morgan fingerprint density at radius 1 is 0.727 bits per heavy atom. The lowest BCUT2D eigenvalue weighted by molar-refractivity contribution is -0.388. The SMILES string of the molecule is FC(F)(F)C(F)(F)C(F)(F)C(F)(F)C=CCc1ccccc1. The summed E-state index contributed by atoms with van der Waals surface area (Å²) in [6, 6.07) is 7.47. The highest BCUT2D eigenvalue weighted by atomic mass is 19.4. The van der Waals surface area contributed by atoms with Crippen LogP contribution in [0, 0.1) is 0 Å². The van der Waals surface area contributed by atoms with Crippen molar-refractivity contribution < 1.29 is 39.5 Å². The van der Waals surface area contributed by atoms with E-state index in [1.54, 1.807) is 6.07 Å². The molecule has 1 aromatic rings. The first kappa shape index (κ1) is 18.4. The molecule has 0 heterocycles. The minimum Gasteiger partial charge on any atom is -0.195 e. The van der Waals surface area contributed by atoms with Gasteiger partial charge in [0.2, 0.25) is 0 Å². The number of allylic oxidation sites excluding steroid dienone is 2. The van der Waals surface area contributed by atoms with Gasteiger partial charge in [-0.3, -0.25) is 0 Å². The molecule has 0 nitrogen and oxygen atoms in total. The predicted molar refractivity (Wildman–Crippen MR) is 60.2 cm³/mol. The largest absolute Gasteiger partial charge is 0.460 e. The van der Waals surface area contributed by atoms with Gasteiger partial charge in [0, 0.05) is 0 Å². The smallest absolute Gasteiger partial charge is 0.195 e. The van der Waals surface area contributed by atoms with E-state index in [9.17, 15) is 39.5 Å². The van der Waals surface area contributed by atoms with Crippen molar-refractivity contribution in [2.75, 3.05) is 0 Å². The number of alkyl halides is 9. The molecule has 0 amide bonds. The highest BCUT2D eigenvalue weighted by molar-refractivity contribution is 5.19. The zero-order chi connectivity index (χ0) is 17.2. The number of benzene rings is 1. The standard InChI is InChI=1S/C13H9F9/c14-10(15,8-4-7-9-5-2-1-3-6-9)11(16,17)12(18,19)13(20,21)22/h1-6,8H,7H2. The van der Waals surface area contributed by atoms with Gasteiger partial charge in [-0.05, 0) is 18.1 Å². The molecule has 124 valence electrons. The van der Waals surface area contributed by atoms with E-state index in [1.807, 2.05) is 0 Å². The van der Waals surface area contributed by atoms with Crippen molar-refractivity contribution in [1.29, 1.82) is 0 Å². The highest BCUT2D eigenvalue weighted by Gasteiger charge is 2.81. The van der Waals surface area contributed by atoms with Crippen LogP contribution in [0.3, 0.4) is 0 Å². The van der Waals surface area contributed by atoms with E-state index in [4.69, 9.17) is 0 Å². The van der Waals surface area contributed by atoms with Crippen molar-refractivity contribution in [2.45, 2.75) is 30.4 Å². The Labute approximate surface area is 119 Å². The van der Waals surface area contributed by atoms with Crippen LogP contribution in [0.4, 0.5) is 39.5 Å². The van der Waals surface area contributed by atoms with Gasteiger partial charge in [-0.1, -0.05) is 36.4 Å². The fraction of sp³-hybridized carbons (Fsp3) is 0.385. The summed E-state index contributed by atoms with van der Waals surface area (Å²) in [4.78, 5) is 0. The fourth-order valence-electron chi connectivity index (χ4n) is 1.45. The number of rotatable bonds is 5. The van der Waals surface area contributed by atoms with Crippen LogP contribution in [-0.2, 0) is 6.42 Å². The van der Waals surface area contributed by atoms with Crippen LogP contribution in [0.15, 0.2) is 42.5 Å². The molecule has 0 N–H and O–H groups in total. The Morgan fingerprint density at radius 3 is 1.68 bits per heavy atom. The third-order valence-corrected chi connectivity index (χ3v) is 2.69. The molecule has 0 fully saturated rings. The van der Waals surface area contributed by atoms with Crippen molar-refractivity contribution in [3.63, 3.8) is 0 Å². The molecule has 0 radical (unpaired) electrons. The third-order valence-electron chi connectivity index (χ3n) is 2.69. The fourth-order valence-corrected chi connectivity index (χ4v) is 1.45. The van der Waals surface area contributed by atoms with Crippen LogP contribution in [0.5, 0.6) is 0 Å². The van der Waals surface area contributed by atoms with Crippen molar-refractivity contribution in [1.82, 2.24) is 0 Å². The molecule has 9 heteroatoms. The Kier molecular flexibility index (Phi) is 4.88. The quantitative estimate of drug-likeness (QED) is 0.509. The van der Waals surface area contributed by atoms with Gasteiger partial charge in [-0.25, -0.2) is 0 Å². The minimum atomic E-state index is -6.86. The molecule has 0 aliphatic carbocycles. The van der Waals surface area contributed by atoms with Crippen LogP contribution in [0.25, 0.3) is 0 Å². The summed E-state index contributed by atoms with van der Waals surface area (Å²) in [5.74, 6) is -19.1. The van der Waals surface area contributed by atoms with Gasteiger partial charge in [0.1, 0.15) is 0 Å². The normalized spacial score (nSPS) is 14.6. The summed E-state index contributed by atoms with van der Waals surface area (Å²) >= 11 is 0. The molecule has 0 spiro atoms. The van der Waals surface area contributed by atoms with Crippen molar-refractivity contribution in [3.8, 4) is 0 Å². The van der Waals surface area contributed by atoms with Gasteiger partial charge in [0.15, 0.2) is 0 Å². The van der Waals surface area contributed by atoms with E-state index in [1.165, 1.54) is 24.3 Å². The maximum absolute atomic E-state index is 13.1. The van der Waals surface area contributed by atoms with E-state index in [2.05, 4.69) is 0 Å². The Morgan fingerprint density at radius 2 is 1.23 bits per heavy atom. The van der Waals surface area contributed by atoms with Crippen LogP contribution in [-0.4, -0.2) is 23.9 Å². The number of hydrogen-bond donors (Lipinski definition) is 0. The Hall–Kier alpha value is -1.67. The van der Waals surface area contributed by atoms with Crippen LogP contribution < -0.4 is 0 Å². The molecule has 1 rings (SSSR count). The lowest BCUT2D eigenvalue weighted by Gasteiger charge is -2.32. The molecule has 0 saturated heterocycles. The average Bonchev–Trinajstić information content (AvgIpc) is 2.38. The maximum Gasteiger partial charge on any atom is 0.460 e. The molecule has 1 aromatic carbocycles. The average molecular weight is 336 g/mol. The maximum atomic E-state index is 13.1. The zero-order valence-electron chi connectivity index (χ0n) is 10.7. The molecule has 22 heavy (non-hydrogen) atoms. The van der Waals surface area contributed by atoms with E-state index < -0.39 is 30.0 Å². The lowest BCUT2D eigenvalue weighted by atomic mass is 10.0. The van der Waals surface area contributed by atoms with E-state index in [-0.39, 0.29) is 6.42 Å². The second-order valence-corrected chi connectivity index (χ2v) is 4.36. The molecule has 0 aliphatic rings. The second kappa shape index (κ2) is 5.85. The van der Waals surface area contributed by atoms with Crippen LogP contribution in [0.1, 0.15) is 5.56 Å². The van der Waals surface area contributed by atoms with Crippen LogP contribution >= 0.6 is 0 Å².